The number of benzene rings is 1. The Labute approximate surface area is 150 Å². The monoisotopic (exact) mass is 346 g/mol. The maximum atomic E-state index is 12.9. The Morgan fingerprint density at radius 2 is 1.76 bits per heavy atom. The van der Waals surface area contributed by atoms with Crippen LogP contribution in [-0.2, 0) is 4.74 Å². The molecular formula is C20H30N2O3. The van der Waals surface area contributed by atoms with E-state index < -0.39 is 0 Å². The van der Waals surface area contributed by atoms with Crippen molar-refractivity contribution in [3.8, 4) is 5.75 Å². The van der Waals surface area contributed by atoms with Crippen LogP contribution in [0.2, 0.25) is 0 Å². The van der Waals surface area contributed by atoms with E-state index in [2.05, 4.69) is 4.90 Å². The molecule has 2 fully saturated rings. The van der Waals surface area contributed by atoms with Gasteiger partial charge in [-0.25, -0.2) is 0 Å². The Hall–Kier alpha value is -1.59. The van der Waals surface area contributed by atoms with Crippen LogP contribution in [0.1, 0.15) is 43.0 Å². The van der Waals surface area contributed by atoms with Crippen molar-refractivity contribution in [1.82, 2.24) is 9.80 Å². The first-order valence-electron chi connectivity index (χ1n) is 9.51. The second-order valence-electron chi connectivity index (χ2n) is 6.92. The van der Waals surface area contributed by atoms with E-state index in [0.717, 1.165) is 51.9 Å². The van der Waals surface area contributed by atoms with E-state index in [1.54, 1.807) is 0 Å². The summed E-state index contributed by atoms with van der Waals surface area (Å²) in [6, 6.07) is 8.17. The number of carbonyl (C=O) groups is 1. The second-order valence-corrected chi connectivity index (χ2v) is 6.92. The number of amides is 1. The van der Waals surface area contributed by atoms with E-state index in [0.29, 0.717) is 30.1 Å². The number of ether oxygens (including phenoxy) is 2. The quantitative estimate of drug-likeness (QED) is 0.822. The van der Waals surface area contributed by atoms with Crippen LogP contribution in [0.3, 0.4) is 0 Å². The van der Waals surface area contributed by atoms with Crippen LogP contribution < -0.4 is 4.74 Å². The number of para-hydroxylation sites is 1. The predicted molar refractivity (Wildman–Crippen MR) is 98.1 cm³/mol. The fraction of sp³-hybridized carbons (Fsp3) is 0.650. The van der Waals surface area contributed by atoms with Gasteiger partial charge in [-0.15, -0.1) is 0 Å². The number of carbonyl (C=O) groups excluding carboxylic acids is 1. The van der Waals surface area contributed by atoms with E-state index in [1.807, 2.05) is 43.2 Å². The average Bonchev–Trinajstić information content (AvgIpc) is 2.68. The molecule has 0 N–H and O–H groups in total. The topological polar surface area (TPSA) is 42.0 Å². The number of piperidine rings is 2. The summed E-state index contributed by atoms with van der Waals surface area (Å²) in [4.78, 5) is 17.4. The maximum Gasteiger partial charge on any atom is 0.257 e. The molecule has 0 unspecified atom stereocenters. The first kappa shape index (κ1) is 18.2. The predicted octanol–water partition coefficient (Wildman–Crippen LogP) is 2.80. The largest absolute Gasteiger partial charge is 0.493 e. The molecule has 2 heterocycles. The summed E-state index contributed by atoms with van der Waals surface area (Å²) in [5.41, 5.74) is 0.684. The zero-order chi connectivity index (χ0) is 17.6. The molecule has 1 aromatic rings. The molecule has 2 saturated heterocycles. The Balaban J connectivity index is 1.55. The second kappa shape index (κ2) is 8.68. The smallest absolute Gasteiger partial charge is 0.257 e. The summed E-state index contributed by atoms with van der Waals surface area (Å²) in [5.74, 6) is 0.791. The van der Waals surface area contributed by atoms with Crippen LogP contribution in [0.4, 0.5) is 0 Å². The Morgan fingerprint density at radius 1 is 1.08 bits per heavy atom. The van der Waals surface area contributed by atoms with Crippen LogP contribution in [0.5, 0.6) is 5.75 Å². The van der Waals surface area contributed by atoms with E-state index in [4.69, 9.17) is 9.47 Å². The first-order valence-corrected chi connectivity index (χ1v) is 9.51. The summed E-state index contributed by atoms with van der Waals surface area (Å²) in [5, 5.41) is 0. The van der Waals surface area contributed by atoms with Gasteiger partial charge in [-0.2, -0.15) is 0 Å². The maximum absolute atomic E-state index is 12.9. The van der Waals surface area contributed by atoms with Crippen molar-refractivity contribution >= 4 is 5.91 Å². The SMILES string of the molecule is CCOc1ccccc1C(=O)N1CCC(N2CCC(OC)CC2)CC1. The molecule has 0 saturated carbocycles. The minimum atomic E-state index is 0.0978. The van der Waals surface area contributed by atoms with E-state index in [9.17, 15) is 4.79 Å². The standard InChI is InChI=1S/C20H30N2O3/c1-3-25-19-7-5-4-6-18(19)20(23)22-12-8-16(9-13-22)21-14-10-17(24-2)11-15-21/h4-7,16-17H,3,8-15H2,1-2H3. The summed E-state index contributed by atoms with van der Waals surface area (Å²) in [7, 11) is 1.81. The molecule has 5 heteroatoms. The van der Waals surface area contributed by atoms with Gasteiger partial charge in [0.25, 0.3) is 5.91 Å². The molecule has 1 amide bonds. The number of likely N-dealkylation sites (tertiary alicyclic amines) is 2. The van der Waals surface area contributed by atoms with Crippen molar-refractivity contribution < 1.29 is 14.3 Å². The Bertz CT molecular complexity index is 562. The molecule has 0 aliphatic carbocycles. The Kier molecular flexibility index (Phi) is 6.32. The highest BCUT2D eigenvalue weighted by Gasteiger charge is 2.30. The zero-order valence-electron chi connectivity index (χ0n) is 15.4. The molecular weight excluding hydrogens is 316 g/mol. The number of nitrogens with zero attached hydrogens (tertiary/aromatic N) is 2. The number of rotatable bonds is 5. The van der Waals surface area contributed by atoms with Gasteiger partial charge < -0.3 is 19.3 Å². The lowest BCUT2D eigenvalue weighted by Crippen LogP contribution is -2.49. The van der Waals surface area contributed by atoms with Crippen LogP contribution in [0, 0.1) is 0 Å². The highest BCUT2D eigenvalue weighted by Crippen LogP contribution is 2.25. The van der Waals surface area contributed by atoms with Crippen LogP contribution in [0.25, 0.3) is 0 Å². The highest BCUT2D eigenvalue weighted by molar-refractivity contribution is 5.97. The molecule has 5 nitrogen and oxygen atoms in total. The lowest BCUT2D eigenvalue weighted by Gasteiger charge is -2.41. The van der Waals surface area contributed by atoms with Gasteiger partial charge in [0.05, 0.1) is 18.3 Å². The van der Waals surface area contributed by atoms with Gasteiger partial charge >= 0.3 is 0 Å². The van der Waals surface area contributed by atoms with E-state index in [-0.39, 0.29) is 5.91 Å². The van der Waals surface area contributed by atoms with Crippen molar-refractivity contribution in [2.24, 2.45) is 0 Å². The van der Waals surface area contributed by atoms with Gasteiger partial charge in [-0.05, 0) is 44.7 Å². The summed E-state index contributed by atoms with van der Waals surface area (Å²) in [6.45, 7) is 6.40. The third-order valence-electron chi connectivity index (χ3n) is 5.50. The molecule has 0 spiro atoms. The molecule has 2 aliphatic heterocycles. The molecule has 138 valence electrons. The summed E-state index contributed by atoms with van der Waals surface area (Å²) < 4.78 is 11.1. The van der Waals surface area contributed by atoms with E-state index >= 15 is 0 Å². The van der Waals surface area contributed by atoms with Crippen molar-refractivity contribution in [3.05, 3.63) is 29.8 Å². The lowest BCUT2D eigenvalue weighted by molar-refractivity contribution is 0.0145. The third-order valence-corrected chi connectivity index (χ3v) is 5.50. The van der Waals surface area contributed by atoms with Gasteiger partial charge in [0.1, 0.15) is 5.75 Å². The fourth-order valence-electron chi connectivity index (χ4n) is 4.01. The molecule has 3 rings (SSSR count). The average molecular weight is 346 g/mol. The fourth-order valence-corrected chi connectivity index (χ4v) is 4.01. The third kappa shape index (κ3) is 4.33. The van der Waals surface area contributed by atoms with Gasteiger partial charge in [0.2, 0.25) is 0 Å². The Morgan fingerprint density at radius 3 is 2.40 bits per heavy atom. The van der Waals surface area contributed by atoms with Crippen molar-refractivity contribution in [2.45, 2.75) is 44.8 Å². The van der Waals surface area contributed by atoms with E-state index in [1.165, 1.54) is 0 Å². The first-order chi connectivity index (χ1) is 12.2. The number of methoxy groups -OCH3 is 1. The molecule has 0 radical (unpaired) electrons. The summed E-state index contributed by atoms with van der Waals surface area (Å²) >= 11 is 0. The molecule has 25 heavy (non-hydrogen) atoms. The zero-order valence-corrected chi connectivity index (χ0v) is 15.4. The molecule has 1 aromatic carbocycles. The minimum absolute atomic E-state index is 0.0978. The number of hydrogen-bond acceptors (Lipinski definition) is 4. The lowest BCUT2D eigenvalue weighted by atomic mass is 9.98. The number of hydrogen-bond donors (Lipinski definition) is 0. The van der Waals surface area contributed by atoms with Gasteiger partial charge in [-0.1, -0.05) is 12.1 Å². The van der Waals surface area contributed by atoms with Crippen LogP contribution in [0.15, 0.2) is 24.3 Å². The van der Waals surface area contributed by atoms with Crippen LogP contribution in [-0.4, -0.2) is 67.7 Å². The van der Waals surface area contributed by atoms with Gasteiger partial charge in [0, 0.05) is 39.3 Å². The van der Waals surface area contributed by atoms with Gasteiger partial charge in [-0.3, -0.25) is 4.79 Å². The molecule has 2 aliphatic rings. The van der Waals surface area contributed by atoms with Crippen LogP contribution >= 0.6 is 0 Å². The normalized spacial score (nSPS) is 20.6. The minimum Gasteiger partial charge on any atom is -0.493 e. The molecule has 0 atom stereocenters. The summed E-state index contributed by atoms with van der Waals surface area (Å²) in [6.07, 6.45) is 4.78. The molecule has 0 bridgehead atoms. The van der Waals surface area contributed by atoms with Crippen molar-refractivity contribution in [2.75, 3.05) is 39.9 Å². The van der Waals surface area contributed by atoms with Crippen molar-refractivity contribution in [1.29, 1.82) is 0 Å². The highest BCUT2D eigenvalue weighted by atomic mass is 16.5. The van der Waals surface area contributed by atoms with Crippen molar-refractivity contribution in [3.63, 3.8) is 0 Å². The van der Waals surface area contributed by atoms with Gasteiger partial charge in [0.15, 0.2) is 0 Å². The molecule has 0 aromatic heterocycles.